The number of carbonyl (C=O) groups is 1. The predicted octanol–water partition coefficient (Wildman–Crippen LogP) is 3.55. The fraction of sp³-hybridized carbons (Fsp3) is 0.409. The zero-order valence-electron chi connectivity index (χ0n) is 17.8. The fourth-order valence-corrected chi connectivity index (χ4v) is 3.51. The molecule has 2 N–H and O–H groups in total. The maximum atomic E-state index is 13.4. The van der Waals surface area contributed by atoms with Crippen molar-refractivity contribution in [3.05, 3.63) is 54.0 Å². The highest BCUT2D eigenvalue weighted by atomic mass is 127. The van der Waals surface area contributed by atoms with Crippen LogP contribution in [0.3, 0.4) is 0 Å². The molecule has 0 saturated carbocycles. The molecule has 0 spiro atoms. The van der Waals surface area contributed by atoms with E-state index in [0.29, 0.717) is 30.5 Å². The first-order chi connectivity index (χ1) is 14.6. The summed E-state index contributed by atoms with van der Waals surface area (Å²) >= 11 is 0. The number of piperidine rings is 1. The molecule has 1 aromatic carbocycles. The molecule has 31 heavy (non-hydrogen) atoms. The van der Waals surface area contributed by atoms with Crippen molar-refractivity contribution in [3.63, 3.8) is 0 Å². The maximum Gasteiger partial charge on any atom is 0.224 e. The molecule has 1 aliphatic rings. The molecule has 1 aliphatic heterocycles. The number of hydrogen-bond donors (Lipinski definition) is 2. The van der Waals surface area contributed by atoms with Gasteiger partial charge < -0.3 is 20.3 Å². The number of ether oxygens (including phenoxy) is 1. The molecule has 0 bridgehead atoms. The van der Waals surface area contributed by atoms with Gasteiger partial charge >= 0.3 is 0 Å². The zero-order chi connectivity index (χ0) is 21.3. The number of benzene rings is 1. The van der Waals surface area contributed by atoms with Crippen molar-refractivity contribution >= 4 is 35.8 Å². The highest BCUT2D eigenvalue weighted by molar-refractivity contribution is 14.0. The zero-order valence-corrected chi connectivity index (χ0v) is 20.1. The Kier molecular flexibility index (Phi) is 9.96. The summed E-state index contributed by atoms with van der Waals surface area (Å²) in [6, 6.07) is 9.74. The van der Waals surface area contributed by atoms with E-state index in [0.717, 1.165) is 37.5 Å². The van der Waals surface area contributed by atoms with Gasteiger partial charge in [-0.15, -0.1) is 24.0 Å². The van der Waals surface area contributed by atoms with Gasteiger partial charge in [0.15, 0.2) is 5.96 Å². The molecule has 0 radical (unpaired) electrons. The van der Waals surface area contributed by atoms with E-state index >= 15 is 0 Å². The van der Waals surface area contributed by atoms with Gasteiger partial charge in [0.1, 0.15) is 11.6 Å². The van der Waals surface area contributed by atoms with Crippen LogP contribution in [0.2, 0.25) is 0 Å². The number of aromatic nitrogens is 1. The van der Waals surface area contributed by atoms with E-state index < -0.39 is 0 Å². The fourth-order valence-electron chi connectivity index (χ4n) is 3.51. The van der Waals surface area contributed by atoms with E-state index in [1.807, 2.05) is 12.1 Å². The first kappa shape index (κ1) is 24.8. The van der Waals surface area contributed by atoms with Crippen molar-refractivity contribution in [2.75, 3.05) is 27.2 Å². The van der Waals surface area contributed by atoms with Crippen LogP contribution in [0.5, 0.6) is 11.6 Å². The molecule has 168 valence electrons. The predicted molar refractivity (Wildman–Crippen MR) is 129 cm³/mol. The number of aliphatic imine (C=N–C) groups is 1. The van der Waals surface area contributed by atoms with Gasteiger partial charge in [-0.2, -0.15) is 0 Å². The Morgan fingerprint density at radius 2 is 2.06 bits per heavy atom. The minimum atomic E-state index is -0.358. The number of likely N-dealkylation sites (tertiary alicyclic amines) is 1. The molecule has 9 heteroatoms. The van der Waals surface area contributed by atoms with Gasteiger partial charge in [0.05, 0.1) is 0 Å². The van der Waals surface area contributed by atoms with Gasteiger partial charge in [-0.3, -0.25) is 9.79 Å². The Labute approximate surface area is 199 Å². The molecule has 0 unspecified atom stereocenters. The number of nitrogens with one attached hydrogen (secondary N) is 2. The van der Waals surface area contributed by atoms with Gasteiger partial charge in [0, 0.05) is 58.0 Å². The molecule has 0 atom stereocenters. The normalized spacial score (nSPS) is 14.5. The molecular formula is C22H29FIN5O2. The molecule has 1 saturated heterocycles. The SMILES string of the molecule is CN=C(NCc1cccnc1Oc1cccc(F)c1)N1CCC(CC(=O)NC)CC1.I. The van der Waals surface area contributed by atoms with Crippen molar-refractivity contribution in [2.45, 2.75) is 25.8 Å². The van der Waals surface area contributed by atoms with E-state index in [1.165, 1.54) is 12.1 Å². The van der Waals surface area contributed by atoms with Crippen LogP contribution in [-0.4, -0.2) is 48.9 Å². The van der Waals surface area contributed by atoms with Crippen LogP contribution in [-0.2, 0) is 11.3 Å². The molecule has 7 nitrogen and oxygen atoms in total. The lowest BCUT2D eigenvalue weighted by Crippen LogP contribution is -2.45. The second-order valence-corrected chi connectivity index (χ2v) is 7.24. The van der Waals surface area contributed by atoms with Gasteiger partial charge in [-0.1, -0.05) is 12.1 Å². The van der Waals surface area contributed by atoms with E-state index in [-0.39, 0.29) is 35.7 Å². The van der Waals surface area contributed by atoms with Crippen molar-refractivity contribution in [2.24, 2.45) is 10.9 Å². The van der Waals surface area contributed by atoms with Crippen LogP contribution in [0.25, 0.3) is 0 Å². The maximum absolute atomic E-state index is 13.4. The number of carbonyl (C=O) groups excluding carboxylic acids is 1. The van der Waals surface area contributed by atoms with Crippen LogP contribution < -0.4 is 15.4 Å². The summed E-state index contributed by atoms with van der Waals surface area (Å²) in [7, 11) is 3.43. The third-order valence-electron chi connectivity index (χ3n) is 5.18. The monoisotopic (exact) mass is 541 g/mol. The van der Waals surface area contributed by atoms with Crippen molar-refractivity contribution in [3.8, 4) is 11.6 Å². The van der Waals surface area contributed by atoms with Crippen LogP contribution >= 0.6 is 24.0 Å². The Balaban J connectivity index is 0.00000341. The second-order valence-electron chi connectivity index (χ2n) is 7.24. The van der Waals surface area contributed by atoms with E-state index in [9.17, 15) is 9.18 Å². The minimum absolute atomic E-state index is 0. The molecular weight excluding hydrogens is 512 g/mol. The van der Waals surface area contributed by atoms with Crippen molar-refractivity contribution < 1.29 is 13.9 Å². The van der Waals surface area contributed by atoms with Crippen LogP contribution in [0.4, 0.5) is 4.39 Å². The summed E-state index contributed by atoms with van der Waals surface area (Å²) in [5.74, 6) is 1.77. The topological polar surface area (TPSA) is 78.9 Å². The lowest BCUT2D eigenvalue weighted by atomic mass is 9.93. The standard InChI is InChI=1S/C22H28FN5O2.HI/c1-24-20(29)13-16-8-11-28(12-9-16)22(25-2)27-15-17-5-4-10-26-21(17)30-19-7-3-6-18(23)14-19;/h3-7,10,14,16H,8-9,11-13,15H2,1-2H3,(H,24,29)(H,25,27);1H. The number of guanidine groups is 1. The molecule has 1 aromatic heterocycles. The summed E-state index contributed by atoms with van der Waals surface area (Å²) in [4.78, 5) is 22.5. The summed E-state index contributed by atoms with van der Waals surface area (Å²) < 4.78 is 19.2. The Morgan fingerprint density at radius 3 is 2.74 bits per heavy atom. The average molecular weight is 541 g/mol. The summed E-state index contributed by atoms with van der Waals surface area (Å²) in [5.41, 5.74) is 0.845. The average Bonchev–Trinajstić information content (AvgIpc) is 2.76. The summed E-state index contributed by atoms with van der Waals surface area (Å²) in [6.45, 7) is 2.17. The minimum Gasteiger partial charge on any atom is -0.439 e. The lowest BCUT2D eigenvalue weighted by Gasteiger charge is -2.34. The first-order valence-corrected chi connectivity index (χ1v) is 10.1. The van der Waals surface area contributed by atoms with Gasteiger partial charge in [0.2, 0.25) is 11.8 Å². The Morgan fingerprint density at radius 1 is 1.29 bits per heavy atom. The quantitative estimate of drug-likeness (QED) is 0.333. The van der Waals surface area contributed by atoms with Gasteiger partial charge in [-0.25, -0.2) is 9.37 Å². The molecule has 2 aromatic rings. The van der Waals surface area contributed by atoms with Crippen LogP contribution in [0.1, 0.15) is 24.8 Å². The van der Waals surface area contributed by atoms with Crippen molar-refractivity contribution in [1.82, 2.24) is 20.5 Å². The lowest BCUT2D eigenvalue weighted by molar-refractivity contribution is -0.121. The molecule has 1 fully saturated rings. The second kappa shape index (κ2) is 12.4. The third kappa shape index (κ3) is 7.34. The molecule has 2 heterocycles. The Hall–Kier alpha value is -2.43. The smallest absolute Gasteiger partial charge is 0.224 e. The molecule has 1 amide bonds. The number of rotatable bonds is 6. The highest BCUT2D eigenvalue weighted by Gasteiger charge is 2.23. The molecule has 3 rings (SSSR count). The summed E-state index contributed by atoms with van der Waals surface area (Å²) in [5, 5.41) is 6.06. The number of hydrogen-bond acceptors (Lipinski definition) is 4. The first-order valence-electron chi connectivity index (χ1n) is 10.1. The third-order valence-corrected chi connectivity index (χ3v) is 5.18. The van der Waals surface area contributed by atoms with Crippen LogP contribution in [0, 0.1) is 11.7 Å². The molecule has 0 aliphatic carbocycles. The number of amides is 1. The number of nitrogens with zero attached hydrogens (tertiary/aromatic N) is 3. The van der Waals surface area contributed by atoms with Gasteiger partial charge in [-0.05, 0) is 37.0 Å². The van der Waals surface area contributed by atoms with Gasteiger partial charge in [0.25, 0.3) is 0 Å². The van der Waals surface area contributed by atoms with E-state index in [2.05, 4.69) is 25.5 Å². The van der Waals surface area contributed by atoms with Crippen molar-refractivity contribution in [1.29, 1.82) is 0 Å². The number of halogens is 2. The van der Waals surface area contributed by atoms with E-state index in [4.69, 9.17) is 4.74 Å². The van der Waals surface area contributed by atoms with E-state index in [1.54, 1.807) is 32.4 Å². The summed E-state index contributed by atoms with van der Waals surface area (Å²) in [6.07, 6.45) is 4.13. The van der Waals surface area contributed by atoms with Crippen LogP contribution in [0.15, 0.2) is 47.6 Å². The Bertz CT molecular complexity index is 888. The highest BCUT2D eigenvalue weighted by Crippen LogP contribution is 2.24. The number of pyridine rings is 1. The largest absolute Gasteiger partial charge is 0.439 e.